The Labute approximate surface area is 109 Å². The predicted molar refractivity (Wildman–Crippen MR) is 65.7 cm³/mol. The Morgan fingerprint density at radius 3 is 2.76 bits per heavy atom. The SMILES string of the molecule is Nc1noc(-c2cccc(OC(F)F)c2)c1I. The largest absolute Gasteiger partial charge is 0.435 e. The maximum Gasteiger partial charge on any atom is 0.387 e. The molecule has 0 saturated carbocycles. The molecule has 0 atom stereocenters. The predicted octanol–water partition coefficient (Wildman–Crippen LogP) is 3.13. The minimum atomic E-state index is -2.86. The van der Waals surface area contributed by atoms with Crippen LogP contribution in [0.1, 0.15) is 0 Å². The number of hydrogen-bond donors (Lipinski definition) is 1. The molecular weight excluding hydrogens is 345 g/mol. The molecule has 1 aromatic carbocycles. The van der Waals surface area contributed by atoms with Crippen LogP contribution in [0, 0.1) is 3.57 Å². The molecule has 0 saturated heterocycles. The van der Waals surface area contributed by atoms with Gasteiger partial charge in [0.15, 0.2) is 11.6 Å². The average molecular weight is 352 g/mol. The summed E-state index contributed by atoms with van der Waals surface area (Å²) in [6.45, 7) is -2.86. The number of nitrogen functional groups attached to an aromatic ring is 1. The molecule has 2 N–H and O–H groups in total. The first-order chi connectivity index (χ1) is 8.08. The number of benzene rings is 1. The smallest absolute Gasteiger partial charge is 0.387 e. The van der Waals surface area contributed by atoms with E-state index in [9.17, 15) is 8.78 Å². The van der Waals surface area contributed by atoms with E-state index in [1.165, 1.54) is 12.1 Å². The summed E-state index contributed by atoms with van der Waals surface area (Å²) in [6, 6.07) is 6.15. The lowest BCUT2D eigenvalue weighted by Crippen LogP contribution is -2.01. The molecule has 0 fully saturated rings. The normalized spacial score (nSPS) is 10.8. The highest BCUT2D eigenvalue weighted by Gasteiger charge is 2.14. The highest BCUT2D eigenvalue weighted by molar-refractivity contribution is 14.1. The van der Waals surface area contributed by atoms with Crippen LogP contribution in [-0.4, -0.2) is 11.8 Å². The standard InChI is InChI=1S/C10H7F2IN2O2/c11-10(12)16-6-3-1-2-5(4-6)8-7(13)9(14)15-17-8/h1-4,10H,(H2,14,15). The molecule has 90 valence electrons. The van der Waals surface area contributed by atoms with Gasteiger partial charge in [-0.3, -0.25) is 0 Å². The first-order valence-electron chi connectivity index (χ1n) is 4.54. The number of alkyl halides is 2. The van der Waals surface area contributed by atoms with Gasteiger partial charge in [-0.1, -0.05) is 17.3 Å². The second-order valence-corrected chi connectivity index (χ2v) is 4.20. The Balaban J connectivity index is 2.36. The van der Waals surface area contributed by atoms with E-state index in [0.717, 1.165) is 0 Å². The van der Waals surface area contributed by atoms with Gasteiger partial charge < -0.3 is 15.0 Å². The molecule has 0 aliphatic rings. The molecular formula is C10H7F2IN2O2. The number of anilines is 1. The molecule has 17 heavy (non-hydrogen) atoms. The maximum absolute atomic E-state index is 12.1. The summed E-state index contributed by atoms with van der Waals surface area (Å²) < 4.78 is 34.1. The molecule has 0 aliphatic carbocycles. The van der Waals surface area contributed by atoms with E-state index in [-0.39, 0.29) is 11.6 Å². The fourth-order valence-corrected chi connectivity index (χ4v) is 1.79. The van der Waals surface area contributed by atoms with Gasteiger partial charge >= 0.3 is 6.61 Å². The molecule has 7 heteroatoms. The van der Waals surface area contributed by atoms with Crippen LogP contribution in [0.5, 0.6) is 5.75 Å². The van der Waals surface area contributed by atoms with Crippen molar-refractivity contribution in [2.24, 2.45) is 0 Å². The molecule has 1 aromatic heterocycles. The summed E-state index contributed by atoms with van der Waals surface area (Å²) in [4.78, 5) is 0. The third-order valence-corrected chi connectivity index (χ3v) is 3.02. The Hall–Kier alpha value is -1.38. The zero-order valence-corrected chi connectivity index (χ0v) is 10.5. The van der Waals surface area contributed by atoms with Gasteiger partial charge in [0.05, 0.1) is 0 Å². The number of nitrogens with zero attached hydrogens (tertiary/aromatic N) is 1. The Kier molecular flexibility index (Phi) is 3.46. The molecule has 0 amide bonds. The molecule has 0 radical (unpaired) electrons. The van der Waals surface area contributed by atoms with Crippen molar-refractivity contribution in [1.29, 1.82) is 0 Å². The number of aromatic nitrogens is 1. The van der Waals surface area contributed by atoms with E-state index in [0.29, 0.717) is 14.9 Å². The van der Waals surface area contributed by atoms with Crippen LogP contribution in [0.15, 0.2) is 28.8 Å². The summed E-state index contributed by atoms with van der Waals surface area (Å²) in [5.41, 5.74) is 6.11. The van der Waals surface area contributed by atoms with E-state index < -0.39 is 6.61 Å². The fraction of sp³-hybridized carbons (Fsp3) is 0.100. The quantitative estimate of drug-likeness (QED) is 0.863. The van der Waals surface area contributed by atoms with Crippen LogP contribution in [-0.2, 0) is 0 Å². The van der Waals surface area contributed by atoms with E-state index in [4.69, 9.17) is 10.3 Å². The summed E-state index contributed by atoms with van der Waals surface area (Å²) in [5, 5.41) is 3.59. The van der Waals surface area contributed by atoms with Gasteiger partial charge in [0.1, 0.15) is 9.32 Å². The van der Waals surface area contributed by atoms with Crippen molar-refractivity contribution in [2.45, 2.75) is 6.61 Å². The van der Waals surface area contributed by atoms with Crippen LogP contribution >= 0.6 is 22.6 Å². The van der Waals surface area contributed by atoms with Crippen molar-refractivity contribution in [3.05, 3.63) is 27.8 Å². The Morgan fingerprint density at radius 1 is 1.41 bits per heavy atom. The minimum absolute atomic E-state index is 0.0586. The first-order valence-corrected chi connectivity index (χ1v) is 5.61. The van der Waals surface area contributed by atoms with Crippen molar-refractivity contribution >= 4 is 28.4 Å². The Bertz CT molecular complexity index is 531. The Morgan fingerprint density at radius 2 is 2.18 bits per heavy atom. The fourth-order valence-electron chi connectivity index (χ4n) is 1.28. The first kappa shape index (κ1) is 12.1. The van der Waals surface area contributed by atoms with Crippen molar-refractivity contribution in [1.82, 2.24) is 5.16 Å². The van der Waals surface area contributed by atoms with E-state index in [1.54, 1.807) is 12.1 Å². The molecule has 2 aromatic rings. The van der Waals surface area contributed by atoms with Gasteiger partial charge in [0.25, 0.3) is 0 Å². The topological polar surface area (TPSA) is 61.3 Å². The third-order valence-electron chi connectivity index (χ3n) is 1.98. The van der Waals surface area contributed by atoms with Crippen molar-refractivity contribution < 1.29 is 18.0 Å². The summed E-state index contributed by atoms with van der Waals surface area (Å²) in [6.07, 6.45) is 0. The van der Waals surface area contributed by atoms with E-state index in [2.05, 4.69) is 9.89 Å². The summed E-state index contributed by atoms with van der Waals surface area (Å²) >= 11 is 1.97. The van der Waals surface area contributed by atoms with Gasteiger partial charge in [-0.2, -0.15) is 8.78 Å². The van der Waals surface area contributed by atoms with Crippen LogP contribution < -0.4 is 10.5 Å². The molecule has 0 bridgehead atoms. The van der Waals surface area contributed by atoms with Gasteiger partial charge in [0.2, 0.25) is 0 Å². The number of halogens is 3. The summed E-state index contributed by atoms with van der Waals surface area (Å²) in [5.74, 6) is 0.756. The van der Waals surface area contributed by atoms with Crippen LogP contribution in [0.4, 0.5) is 14.6 Å². The van der Waals surface area contributed by atoms with E-state index >= 15 is 0 Å². The highest BCUT2D eigenvalue weighted by atomic mass is 127. The van der Waals surface area contributed by atoms with Crippen LogP contribution in [0.3, 0.4) is 0 Å². The van der Waals surface area contributed by atoms with Crippen LogP contribution in [0.25, 0.3) is 11.3 Å². The zero-order chi connectivity index (χ0) is 12.4. The van der Waals surface area contributed by atoms with Gasteiger partial charge in [-0.25, -0.2) is 0 Å². The van der Waals surface area contributed by atoms with Gasteiger partial charge in [-0.05, 0) is 34.7 Å². The molecule has 0 spiro atoms. The number of hydrogen-bond acceptors (Lipinski definition) is 4. The highest BCUT2D eigenvalue weighted by Crippen LogP contribution is 2.31. The van der Waals surface area contributed by atoms with Crippen molar-refractivity contribution in [3.8, 4) is 17.1 Å². The summed E-state index contributed by atoms with van der Waals surface area (Å²) in [7, 11) is 0. The number of nitrogens with two attached hydrogens (primary N) is 1. The number of rotatable bonds is 3. The third kappa shape index (κ3) is 2.65. The maximum atomic E-state index is 12.1. The molecule has 2 rings (SSSR count). The monoisotopic (exact) mass is 352 g/mol. The lowest BCUT2D eigenvalue weighted by molar-refractivity contribution is -0.0498. The van der Waals surface area contributed by atoms with Crippen LogP contribution in [0.2, 0.25) is 0 Å². The van der Waals surface area contributed by atoms with Gasteiger partial charge in [0, 0.05) is 5.56 Å². The average Bonchev–Trinajstić information content (AvgIpc) is 2.59. The van der Waals surface area contributed by atoms with Crippen molar-refractivity contribution in [2.75, 3.05) is 5.73 Å². The second kappa shape index (κ2) is 4.86. The molecule has 4 nitrogen and oxygen atoms in total. The molecule has 1 heterocycles. The lowest BCUT2D eigenvalue weighted by atomic mass is 10.1. The van der Waals surface area contributed by atoms with Gasteiger partial charge in [-0.15, -0.1) is 0 Å². The minimum Gasteiger partial charge on any atom is -0.435 e. The van der Waals surface area contributed by atoms with E-state index in [1.807, 2.05) is 22.6 Å². The second-order valence-electron chi connectivity index (χ2n) is 3.12. The number of ether oxygens (including phenoxy) is 1. The molecule has 0 aliphatic heterocycles. The lowest BCUT2D eigenvalue weighted by Gasteiger charge is -2.05. The van der Waals surface area contributed by atoms with Crippen molar-refractivity contribution in [3.63, 3.8) is 0 Å². The zero-order valence-electron chi connectivity index (χ0n) is 8.36. The molecule has 0 unspecified atom stereocenters.